The minimum atomic E-state index is -0.408. The van der Waals surface area contributed by atoms with Gasteiger partial charge in [-0.25, -0.2) is 4.90 Å². The van der Waals surface area contributed by atoms with Gasteiger partial charge in [-0.3, -0.25) is 10.2 Å². The van der Waals surface area contributed by atoms with E-state index in [1.165, 1.54) is 28.5 Å². The van der Waals surface area contributed by atoms with Crippen LogP contribution in [0.3, 0.4) is 0 Å². The monoisotopic (exact) mass is 499 g/mol. The number of amides is 1. The van der Waals surface area contributed by atoms with Gasteiger partial charge in [0.1, 0.15) is 5.84 Å². The Morgan fingerprint density at radius 1 is 1.03 bits per heavy atom. The lowest BCUT2D eigenvalue weighted by atomic mass is 10.1. The third-order valence-corrected chi connectivity index (χ3v) is 8.05. The Morgan fingerprint density at radius 2 is 1.80 bits per heavy atom. The van der Waals surface area contributed by atoms with Gasteiger partial charge in [0.25, 0.3) is 5.91 Å². The number of rotatable bonds is 4. The van der Waals surface area contributed by atoms with Crippen LogP contribution in [0.4, 0.5) is 0 Å². The highest BCUT2D eigenvalue weighted by molar-refractivity contribution is 8.18. The molecule has 2 aromatic carbocycles. The maximum atomic E-state index is 12.9. The molecule has 0 bridgehead atoms. The minimum Gasteiger partial charge on any atom is -0.318 e. The van der Waals surface area contributed by atoms with Crippen molar-refractivity contribution in [3.05, 3.63) is 93.8 Å². The highest BCUT2D eigenvalue weighted by atomic mass is 32.2. The first-order valence-electron chi connectivity index (χ1n) is 11.3. The fourth-order valence-electron chi connectivity index (χ4n) is 4.17. The van der Waals surface area contributed by atoms with E-state index in [4.69, 9.17) is 5.41 Å². The number of amidine groups is 3. The van der Waals surface area contributed by atoms with E-state index in [0.29, 0.717) is 10.3 Å². The van der Waals surface area contributed by atoms with Gasteiger partial charge in [0.2, 0.25) is 5.17 Å². The summed E-state index contributed by atoms with van der Waals surface area (Å²) in [7, 11) is 0. The second kappa shape index (κ2) is 9.36. The first-order valence-corrected chi connectivity index (χ1v) is 13.0. The molecule has 0 aliphatic carbocycles. The predicted molar refractivity (Wildman–Crippen MR) is 147 cm³/mol. The Balaban J connectivity index is 1.45. The van der Waals surface area contributed by atoms with Crippen molar-refractivity contribution >= 4 is 51.9 Å². The van der Waals surface area contributed by atoms with Gasteiger partial charge < -0.3 is 4.57 Å². The Hall–Kier alpha value is -3.36. The van der Waals surface area contributed by atoms with E-state index in [0.717, 1.165) is 40.3 Å². The maximum Gasteiger partial charge on any atom is 0.283 e. The number of carbonyl (C=O) groups is 1. The fourth-order valence-corrected chi connectivity index (χ4v) is 5.97. The number of thioether (sulfide) groups is 1. The number of aromatic nitrogens is 1. The van der Waals surface area contributed by atoms with Gasteiger partial charge in [-0.1, -0.05) is 48.2 Å². The second-order valence-electron chi connectivity index (χ2n) is 8.61. The largest absolute Gasteiger partial charge is 0.318 e. The lowest BCUT2D eigenvalue weighted by Gasteiger charge is -2.24. The van der Waals surface area contributed by atoms with Gasteiger partial charge in [0, 0.05) is 22.8 Å². The summed E-state index contributed by atoms with van der Waals surface area (Å²) in [5.41, 5.74) is 7.97. The summed E-state index contributed by atoms with van der Waals surface area (Å²) in [6.45, 7) is 8.30. The van der Waals surface area contributed by atoms with E-state index in [-0.39, 0.29) is 11.4 Å². The van der Waals surface area contributed by atoms with Crippen molar-refractivity contribution < 1.29 is 4.79 Å². The zero-order chi connectivity index (χ0) is 24.7. The number of aliphatic imine (C=N–C) groups is 1. The molecule has 0 radical (unpaired) electrons. The Morgan fingerprint density at radius 3 is 2.54 bits per heavy atom. The summed E-state index contributed by atoms with van der Waals surface area (Å²) in [5, 5.41) is 9.96. The van der Waals surface area contributed by atoms with Crippen molar-refractivity contribution in [1.82, 2.24) is 9.47 Å². The molecular formula is C27H25N5OS2. The van der Waals surface area contributed by atoms with Crippen LogP contribution in [0.1, 0.15) is 33.6 Å². The molecule has 2 aliphatic heterocycles. The molecule has 1 amide bonds. The highest BCUT2D eigenvalue weighted by Gasteiger charge is 2.37. The molecule has 2 aliphatic rings. The third-order valence-electron chi connectivity index (χ3n) is 6.22. The van der Waals surface area contributed by atoms with Crippen LogP contribution in [-0.4, -0.2) is 31.5 Å². The van der Waals surface area contributed by atoms with Crippen LogP contribution in [0, 0.1) is 33.1 Å². The van der Waals surface area contributed by atoms with Gasteiger partial charge in [0.05, 0.1) is 17.5 Å². The predicted octanol–water partition coefficient (Wildman–Crippen LogP) is 6.22. The lowest BCUT2D eigenvalue weighted by molar-refractivity contribution is -0.114. The van der Waals surface area contributed by atoms with E-state index in [1.54, 1.807) is 11.0 Å². The van der Waals surface area contributed by atoms with Crippen LogP contribution >= 0.6 is 23.7 Å². The Bertz CT molecular complexity index is 1450. The zero-order valence-electron chi connectivity index (χ0n) is 20.0. The van der Waals surface area contributed by atoms with E-state index in [1.807, 2.05) is 25.1 Å². The smallest absolute Gasteiger partial charge is 0.283 e. The number of carbonyl (C=O) groups excluding carboxylic acids is 1. The SMILES string of the molecule is Cc1ccc(-n2c(C)cc(/C=C3/C(=N)N4C(SCc5ccccc5)=NSC4=NC3=O)c2C)cc1C. The number of fused-ring (bicyclic) bond motifs is 1. The second-order valence-corrected chi connectivity index (χ2v) is 10.3. The molecule has 0 fully saturated rings. The zero-order valence-corrected chi connectivity index (χ0v) is 21.6. The Kier molecular flexibility index (Phi) is 6.25. The fraction of sp³-hybridized carbons (Fsp3) is 0.185. The standard InChI is InChI=1S/C27H25N5OS2/c1-16-10-11-22(12-17(16)2)31-18(3)13-21(19(31)4)14-23-24(28)32-26(29-25(23)33)35-30-27(32)34-15-20-8-6-5-7-9-20/h5-14,28H,15H2,1-4H3/b23-14-,28-24?. The van der Waals surface area contributed by atoms with E-state index in [9.17, 15) is 4.79 Å². The number of aryl methyl sites for hydroxylation is 3. The number of hydrogen-bond acceptors (Lipinski definition) is 5. The summed E-state index contributed by atoms with van der Waals surface area (Å²) in [5.74, 6) is 0.427. The van der Waals surface area contributed by atoms with Gasteiger partial charge >= 0.3 is 0 Å². The average molecular weight is 500 g/mol. The molecule has 5 rings (SSSR count). The summed E-state index contributed by atoms with van der Waals surface area (Å²) in [6, 6.07) is 18.6. The normalized spacial score (nSPS) is 16.6. The van der Waals surface area contributed by atoms with Crippen LogP contribution in [0.15, 0.2) is 69.6 Å². The molecule has 8 heteroatoms. The van der Waals surface area contributed by atoms with Crippen LogP contribution in [-0.2, 0) is 10.5 Å². The minimum absolute atomic E-state index is 0.111. The van der Waals surface area contributed by atoms with E-state index >= 15 is 0 Å². The van der Waals surface area contributed by atoms with Gasteiger partial charge in [-0.15, -0.1) is 0 Å². The summed E-state index contributed by atoms with van der Waals surface area (Å²) >= 11 is 2.68. The molecular weight excluding hydrogens is 474 g/mol. The van der Waals surface area contributed by atoms with E-state index in [2.05, 4.69) is 71.1 Å². The van der Waals surface area contributed by atoms with Crippen molar-refractivity contribution in [1.29, 1.82) is 5.41 Å². The molecule has 0 unspecified atom stereocenters. The molecule has 3 aromatic rings. The molecule has 0 saturated heterocycles. The van der Waals surface area contributed by atoms with Crippen molar-refractivity contribution in [2.45, 2.75) is 33.4 Å². The quantitative estimate of drug-likeness (QED) is 0.342. The van der Waals surface area contributed by atoms with Crippen LogP contribution < -0.4 is 0 Å². The molecule has 1 N–H and O–H groups in total. The van der Waals surface area contributed by atoms with Crippen molar-refractivity contribution in [2.24, 2.45) is 9.39 Å². The summed E-state index contributed by atoms with van der Waals surface area (Å²) < 4.78 is 6.66. The lowest BCUT2D eigenvalue weighted by Crippen LogP contribution is -2.41. The van der Waals surface area contributed by atoms with Crippen LogP contribution in [0.5, 0.6) is 0 Å². The number of benzene rings is 2. The van der Waals surface area contributed by atoms with E-state index < -0.39 is 5.91 Å². The highest BCUT2D eigenvalue weighted by Crippen LogP contribution is 2.33. The molecule has 3 heterocycles. The molecule has 0 saturated carbocycles. The van der Waals surface area contributed by atoms with Gasteiger partial charge in [-0.05, 0) is 74.2 Å². The number of hydrogen-bond donors (Lipinski definition) is 1. The molecule has 6 nitrogen and oxygen atoms in total. The van der Waals surface area contributed by atoms with Crippen molar-refractivity contribution in [3.63, 3.8) is 0 Å². The summed E-state index contributed by atoms with van der Waals surface area (Å²) in [4.78, 5) is 18.8. The first-order chi connectivity index (χ1) is 16.8. The molecule has 0 spiro atoms. The van der Waals surface area contributed by atoms with Crippen molar-refractivity contribution in [2.75, 3.05) is 0 Å². The number of nitrogens with one attached hydrogen (secondary N) is 1. The van der Waals surface area contributed by atoms with Crippen molar-refractivity contribution in [3.8, 4) is 5.69 Å². The average Bonchev–Trinajstić information content (AvgIpc) is 3.37. The molecule has 176 valence electrons. The Labute approximate surface area is 213 Å². The van der Waals surface area contributed by atoms with Gasteiger partial charge in [-0.2, -0.15) is 9.39 Å². The molecule has 35 heavy (non-hydrogen) atoms. The first kappa shape index (κ1) is 23.4. The van der Waals surface area contributed by atoms with Gasteiger partial charge in [0.15, 0.2) is 5.17 Å². The third kappa shape index (κ3) is 4.39. The van der Waals surface area contributed by atoms with Crippen LogP contribution in [0.25, 0.3) is 11.8 Å². The maximum absolute atomic E-state index is 12.9. The van der Waals surface area contributed by atoms with Crippen LogP contribution in [0.2, 0.25) is 0 Å². The summed E-state index contributed by atoms with van der Waals surface area (Å²) in [6.07, 6.45) is 1.79. The topological polar surface area (TPSA) is 73.8 Å². The molecule has 0 atom stereocenters. The number of nitrogens with zero attached hydrogens (tertiary/aromatic N) is 4. The molecule has 1 aromatic heterocycles.